The van der Waals surface area contributed by atoms with E-state index < -0.39 is 10.1 Å². The molecule has 0 saturated heterocycles. The quantitative estimate of drug-likeness (QED) is 0.539. The van der Waals surface area contributed by atoms with E-state index in [1.165, 1.54) is 0 Å². The van der Waals surface area contributed by atoms with Gasteiger partial charge in [0, 0.05) is 6.07 Å². The average molecular weight is 347 g/mol. The SMILES string of the molecule is CS(=O)(=O)OCCOc1cc(C#N)ccc1OCc1ccccc1. The normalized spacial score (nSPS) is 10.8. The second-order valence-corrected chi connectivity index (χ2v) is 6.57. The molecule has 0 spiro atoms. The standard InChI is InChI=1S/C17H17NO5S/c1-24(19,20)23-10-9-21-17-11-15(12-18)7-8-16(17)22-13-14-5-3-2-4-6-14/h2-8,11H,9-10,13H2,1H3. The first kappa shape index (κ1) is 17.8. The average Bonchev–Trinajstić information content (AvgIpc) is 2.57. The van der Waals surface area contributed by atoms with Crippen molar-refractivity contribution >= 4 is 10.1 Å². The van der Waals surface area contributed by atoms with E-state index in [2.05, 4.69) is 4.18 Å². The van der Waals surface area contributed by atoms with E-state index in [0.717, 1.165) is 11.8 Å². The molecule has 6 nitrogen and oxygen atoms in total. The van der Waals surface area contributed by atoms with Crippen molar-refractivity contribution in [3.8, 4) is 17.6 Å². The highest BCUT2D eigenvalue weighted by atomic mass is 32.2. The lowest BCUT2D eigenvalue weighted by molar-refractivity contribution is 0.210. The first-order valence-corrected chi connectivity index (χ1v) is 8.97. The summed E-state index contributed by atoms with van der Waals surface area (Å²) in [4.78, 5) is 0. The van der Waals surface area contributed by atoms with Crippen molar-refractivity contribution in [2.24, 2.45) is 0 Å². The van der Waals surface area contributed by atoms with Crippen LogP contribution in [0.2, 0.25) is 0 Å². The van der Waals surface area contributed by atoms with Crippen LogP contribution in [-0.4, -0.2) is 27.9 Å². The Morgan fingerprint density at radius 3 is 2.42 bits per heavy atom. The molecular formula is C17H17NO5S. The Kier molecular flexibility index (Phi) is 6.18. The molecule has 126 valence electrons. The van der Waals surface area contributed by atoms with Gasteiger partial charge >= 0.3 is 0 Å². The summed E-state index contributed by atoms with van der Waals surface area (Å²) in [6, 6.07) is 16.5. The molecule has 24 heavy (non-hydrogen) atoms. The van der Waals surface area contributed by atoms with E-state index in [-0.39, 0.29) is 13.2 Å². The predicted octanol–water partition coefficient (Wildman–Crippen LogP) is 2.49. The Balaban J connectivity index is 2.02. The fraction of sp³-hybridized carbons (Fsp3) is 0.235. The molecule has 0 amide bonds. The molecule has 0 fully saturated rings. The van der Waals surface area contributed by atoms with E-state index in [1.54, 1.807) is 18.2 Å². The molecule has 0 unspecified atom stereocenters. The van der Waals surface area contributed by atoms with Gasteiger partial charge in [-0.05, 0) is 17.7 Å². The lowest BCUT2D eigenvalue weighted by Gasteiger charge is -2.13. The van der Waals surface area contributed by atoms with Crippen molar-refractivity contribution in [3.05, 3.63) is 59.7 Å². The second-order valence-electron chi connectivity index (χ2n) is 4.92. The number of hydrogen-bond donors (Lipinski definition) is 0. The van der Waals surface area contributed by atoms with Gasteiger partial charge in [0.15, 0.2) is 11.5 Å². The van der Waals surface area contributed by atoms with Crippen LogP contribution in [0, 0.1) is 11.3 Å². The highest BCUT2D eigenvalue weighted by Gasteiger charge is 2.09. The van der Waals surface area contributed by atoms with Crippen molar-refractivity contribution in [2.75, 3.05) is 19.5 Å². The third-order valence-electron chi connectivity index (χ3n) is 2.95. The van der Waals surface area contributed by atoms with Gasteiger partial charge in [0.2, 0.25) is 0 Å². The molecule has 0 atom stereocenters. The third kappa shape index (κ3) is 5.91. The van der Waals surface area contributed by atoms with Crippen LogP contribution in [0.1, 0.15) is 11.1 Å². The highest BCUT2D eigenvalue weighted by molar-refractivity contribution is 7.85. The van der Waals surface area contributed by atoms with E-state index in [1.807, 2.05) is 36.4 Å². The van der Waals surface area contributed by atoms with E-state index >= 15 is 0 Å². The molecular weight excluding hydrogens is 330 g/mol. The first-order valence-electron chi connectivity index (χ1n) is 7.16. The smallest absolute Gasteiger partial charge is 0.264 e. The zero-order valence-electron chi connectivity index (χ0n) is 13.1. The van der Waals surface area contributed by atoms with Crippen LogP contribution < -0.4 is 9.47 Å². The largest absolute Gasteiger partial charge is 0.487 e. The summed E-state index contributed by atoms with van der Waals surface area (Å²) >= 11 is 0. The monoisotopic (exact) mass is 347 g/mol. The van der Waals surface area contributed by atoms with Crippen LogP contribution in [0.5, 0.6) is 11.5 Å². The van der Waals surface area contributed by atoms with E-state index in [0.29, 0.717) is 23.7 Å². The van der Waals surface area contributed by atoms with E-state index in [4.69, 9.17) is 14.7 Å². The van der Waals surface area contributed by atoms with Crippen LogP contribution in [0.15, 0.2) is 48.5 Å². The zero-order chi connectivity index (χ0) is 17.4. The Morgan fingerprint density at radius 1 is 1.00 bits per heavy atom. The summed E-state index contributed by atoms with van der Waals surface area (Å²) < 4.78 is 37.7. The molecule has 0 heterocycles. The number of benzene rings is 2. The topological polar surface area (TPSA) is 85.6 Å². The fourth-order valence-corrected chi connectivity index (χ4v) is 2.25. The molecule has 0 aromatic heterocycles. The van der Waals surface area contributed by atoms with Gasteiger partial charge in [0.1, 0.15) is 19.8 Å². The lowest BCUT2D eigenvalue weighted by atomic mass is 10.2. The lowest BCUT2D eigenvalue weighted by Crippen LogP contribution is -2.11. The molecule has 2 rings (SSSR count). The summed E-state index contributed by atoms with van der Waals surface area (Å²) in [6.07, 6.45) is 0.970. The summed E-state index contributed by atoms with van der Waals surface area (Å²) in [5.41, 5.74) is 1.41. The molecule has 2 aromatic rings. The summed E-state index contributed by atoms with van der Waals surface area (Å²) in [5, 5.41) is 8.99. The number of nitriles is 1. The Labute approximate surface area is 141 Å². The molecule has 7 heteroatoms. The van der Waals surface area contributed by atoms with Gasteiger partial charge in [-0.1, -0.05) is 30.3 Å². The molecule has 0 aliphatic carbocycles. The number of nitrogens with zero attached hydrogens (tertiary/aromatic N) is 1. The van der Waals surface area contributed by atoms with Gasteiger partial charge in [-0.2, -0.15) is 13.7 Å². The Bertz CT molecular complexity index is 813. The molecule has 0 saturated carbocycles. The van der Waals surface area contributed by atoms with Gasteiger partial charge < -0.3 is 9.47 Å². The Hall–Kier alpha value is -2.56. The molecule has 0 N–H and O–H groups in total. The minimum atomic E-state index is -3.51. The molecule has 2 aromatic carbocycles. The van der Waals surface area contributed by atoms with Gasteiger partial charge in [0.05, 0.1) is 17.9 Å². The number of rotatable bonds is 8. The van der Waals surface area contributed by atoms with Gasteiger partial charge in [0.25, 0.3) is 10.1 Å². The predicted molar refractivity (Wildman–Crippen MR) is 88.2 cm³/mol. The van der Waals surface area contributed by atoms with Crippen molar-refractivity contribution in [1.82, 2.24) is 0 Å². The first-order chi connectivity index (χ1) is 11.5. The van der Waals surface area contributed by atoms with Gasteiger partial charge in [-0.25, -0.2) is 0 Å². The fourth-order valence-electron chi connectivity index (χ4n) is 1.88. The number of hydrogen-bond acceptors (Lipinski definition) is 6. The maximum atomic E-state index is 10.9. The van der Waals surface area contributed by atoms with Crippen molar-refractivity contribution in [2.45, 2.75) is 6.61 Å². The van der Waals surface area contributed by atoms with Crippen LogP contribution in [0.25, 0.3) is 0 Å². The number of ether oxygens (including phenoxy) is 2. The Morgan fingerprint density at radius 2 is 1.75 bits per heavy atom. The third-order valence-corrected chi connectivity index (χ3v) is 3.54. The molecule has 0 aliphatic rings. The molecule has 0 radical (unpaired) electrons. The van der Waals surface area contributed by atoms with Crippen LogP contribution >= 0.6 is 0 Å². The summed E-state index contributed by atoms with van der Waals surface area (Å²) in [6.45, 7) is 0.250. The second kappa shape index (κ2) is 8.34. The minimum Gasteiger partial charge on any atom is -0.487 e. The van der Waals surface area contributed by atoms with Crippen LogP contribution in [0.4, 0.5) is 0 Å². The summed E-state index contributed by atoms with van der Waals surface area (Å²) in [7, 11) is -3.51. The zero-order valence-corrected chi connectivity index (χ0v) is 14.0. The maximum absolute atomic E-state index is 10.9. The van der Waals surface area contributed by atoms with Gasteiger partial charge in [-0.15, -0.1) is 0 Å². The summed E-state index contributed by atoms with van der Waals surface area (Å²) in [5.74, 6) is 0.833. The molecule has 0 aliphatic heterocycles. The van der Waals surface area contributed by atoms with Crippen LogP contribution in [0.3, 0.4) is 0 Å². The highest BCUT2D eigenvalue weighted by Crippen LogP contribution is 2.29. The van der Waals surface area contributed by atoms with Gasteiger partial charge in [-0.3, -0.25) is 4.18 Å². The van der Waals surface area contributed by atoms with Crippen molar-refractivity contribution < 1.29 is 22.1 Å². The van der Waals surface area contributed by atoms with E-state index in [9.17, 15) is 8.42 Å². The minimum absolute atomic E-state index is 0.0175. The van der Waals surface area contributed by atoms with Crippen molar-refractivity contribution in [1.29, 1.82) is 5.26 Å². The molecule has 0 bridgehead atoms. The maximum Gasteiger partial charge on any atom is 0.264 e. The van der Waals surface area contributed by atoms with Crippen molar-refractivity contribution in [3.63, 3.8) is 0 Å². The van der Waals surface area contributed by atoms with Crippen LogP contribution in [-0.2, 0) is 20.9 Å².